The van der Waals surface area contributed by atoms with Gasteiger partial charge in [-0.15, -0.1) is 0 Å². The fourth-order valence-electron chi connectivity index (χ4n) is 1.28. The summed E-state index contributed by atoms with van der Waals surface area (Å²) < 4.78 is 0. The Bertz CT molecular complexity index is 391. The van der Waals surface area contributed by atoms with Gasteiger partial charge in [0, 0.05) is 5.57 Å². The molecule has 1 aromatic carbocycles. The first kappa shape index (κ1) is 11.2. The molecule has 0 spiro atoms. The third-order valence-electron chi connectivity index (χ3n) is 2.20. The van der Waals surface area contributed by atoms with E-state index in [-0.39, 0.29) is 5.57 Å². The molecule has 2 heteroatoms. The second kappa shape index (κ2) is 5.15. The SMILES string of the molecule is C=Cc1cccc(CCC(=C)C(=O)O)c1. The van der Waals surface area contributed by atoms with E-state index in [9.17, 15) is 4.79 Å². The number of rotatable bonds is 5. The van der Waals surface area contributed by atoms with Gasteiger partial charge in [0.25, 0.3) is 0 Å². The molecule has 78 valence electrons. The van der Waals surface area contributed by atoms with Crippen LogP contribution in [0.2, 0.25) is 0 Å². The smallest absolute Gasteiger partial charge is 0.330 e. The van der Waals surface area contributed by atoms with E-state index < -0.39 is 5.97 Å². The number of carboxylic acid groups (broad SMARTS) is 1. The Hall–Kier alpha value is -1.83. The number of hydrogen-bond acceptors (Lipinski definition) is 1. The monoisotopic (exact) mass is 202 g/mol. The first-order chi connectivity index (χ1) is 7.13. The zero-order chi connectivity index (χ0) is 11.3. The third kappa shape index (κ3) is 3.43. The fraction of sp³-hybridized carbons (Fsp3) is 0.154. The lowest BCUT2D eigenvalue weighted by molar-refractivity contribution is -0.132. The molecule has 15 heavy (non-hydrogen) atoms. The molecule has 0 fully saturated rings. The second-order valence-electron chi connectivity index (χ2n) is 3.36. The molecule has 0 aromatic heterocycles. The van der Waals surface area contributed by atoms with Crippen molar-refractivity contribution >= 4 is 12.0 Å². The molecule has 1 rings (SSSR count). The molecule has 0 aliphatic carbocycles. The van der Waals surface area contributed by atoms with E-state index in [2.05, 4.69) is 13.2 Å². The Morgan fingerprint density at radius 3 is 2.80 bits per heavy atom. The Morgan fingerprint density at radius 2 is 2.20 bits per heavy atom. The molecule has 0 saturated heterocycles. The van der Waals surface area contributed by atoms with Crippen molar-refractivity contribution in [1.82, 2.24) is 0 Å². The zero-order valence-corrected chi connectivity index (χ0v) is 8.57. The highest BCUT2D eigenvalue weighted by atomic mass is 16.4. The van der Waals surface area contributed by atoms with Gasteiger partial charge in [-0.2, -0.15) is 0 Å². The molecule has 1 N–H and O–H groups in total. The zero-order valence-electron chi connectivity index (χ0n) is 8.57. The van der Waals surface area contributed by atoms with Gasteiger partial charge in [0.15, 0.2) is 0 Å². The summed E-state index contributed by atoms with van der Waals surface area (Å²) in [5.41, 5.74) is 2.40. The van der Waals surface area contributed by atoms with Gasteiger partial charge in [0.05, 0.1) is 0 Å². The molecule has 0 aliphatic heterocycles. The average Bonchev–Trinajstić information content (AvgIpc) is 2.26. The van der Waals surface area contributed by atoms with Gasteiger partial charge in [-0.05, 0) is 24.0 Å². The van der Waals surface area contributed by atoms with Crippen LogP contribution in [0.1, 0.15) is 17.5 Å². The van der Waals surface area contributed by atoms with Gasteiger partial charge < -0.3 is 5.11 Å². The lowest BCUT2D eigenvalue weighted by Crippen LogP contribution is -2.00. The summed E-state index contributed by atoms with van der Waals surface area (Å²) in [6.07, 6.45) is 2.96. The standard InChI is InChI=1S/C13H14O2/c1-3-11-5-4-6-12(9-11)8-7-10(2)13(14)15/h3-6,9H,1-2,7-8H2,(H,14,15). The van der Waals surface area contributed by atoms with Crippen LogP contribution in [-0.2, 0) is 11.2 Å². The molecule has 1 aromatic rings. The summed E-state index contributed by atoms with van der Waals surface area (Å²) >= 11 is 0. The van der Waals surface area contributed by atoms with Crippen LogP contribution in [0.5, 0.6) is 0 Å². The number of aliphatic carboxylic acids is 1. The van der Waals surface area contributed by atoms with Crippen molar-refractivity contribution < 1.29 is 9.90 Å². The molecule has 0 heterocycles. The van der Waals surface area contributed by atoms with Crippen LogP contribution in [-0.4, -0.2) is 11.1 Å². The molecule has 0 radical (unpaired) electrons. The number of carbonyl (C=O) groups is 1. The predicted molar refractivity (Wildman–Crippen MR) is 61.6 cm³/mol. The molecule has 0 amide bonds. The first-order valence-electron chi connectivity index (χ1n) is 4.76. The van der Waals surface area contributed by atoms with Gasteiger partial charge in [0.1, 0.15) is 0 Å². The van der Waals surface area contributed by atoms with Crippen molar-refractivity contribution in [2.75, 3.05) is 0 Å². The molecule has 2 nitrogen and oxygen atoms in total. The van der Waals surface area contributed by atoms with Crippen molar-refractivity contribution in [3.8, 4) is 0 Å². The molecule has 0 bridgehead atoms. The summed E-state index contributed by atoms with van der Waals surface area (Å²) in [5, 5.41) is 8.65. The first-order valence-corrected chi connectivity index (χ1v) is 4.76. The van der Waals surface area contributed by atoms with Crippen molar-refractivity contribution in [2.45, 2.75) is 12.8 Å². The van der Waals surface area contributed by atoms with Gasteiger partial charge in [0.2, 0.25) is 0 Å². The van der Waals surface area contributed by atoms with E-state index in [0.717, 1.165) is 11.1 Å². The lowest BCUT2D eigenvalue weighted by Gasteiger charge is -2.02. The molecule has 0 atom stereocenters. The molecular formula is C13H14O2. The predicted octanol–water partition coefficient (Wildman–Crippen LogP) is 2.90. The molecule has 0 aliphatic rings. The van der Waals surface area contributed by atoms with Crippen molar-refractivity contribution in [2.24, 2.45) is 0 Å². The summed E-state index contributed by atoms with van der Waals surface area (Å²) in [7, 11) is 0. The van der Waals surface area contributed by atoms with Crippen molar-refractivity contribution in [3.63, 3.8) is 0 Å². The quantitative estimate of drug-likeness (QED) is 0.745. The topological polar surface area (TPSA) is 37.3 Å². The van der Waals surface area contributed by atoms with Gasteiger partial charge in [-0.25, -0.2) is 4.79 Å². The minimum atomic E-state index is -0.921. The van der Waals surface area contributed by atoms with E-state index in [1.54, 1.807) is 6.08 Å². The number of hydrogen-bond donors (Lipinski definition) is 1. The summed E-state index contributed by atoms with van der Waals surface area (Å²) in [4.78, 5) is 10.5. The number of carboxylic acids is 1. The molecule has 0 unspecified atom stereocenters. The van der Waals surface area contributed by atoms with Crippen LogP contribution in [0.25, 0.3) is 6.08 Å². The van der Waals surface area contributed by atoms with Crippen LogP contribution in [0.3, 0.4) is 0 Å². The van der Waals surface area contributed by atoms with E-state index in [0.29, 0.717) is 12.8 Å². The fourth-order valence-corrected chi connectivity index (χ4v) is 1.28. The van der Waals surface area contributed by atoms with Crippen molar-refractivity contribution in [3.05, 3.63) is 54.1 Å². The Balaban J connectivity index is 2.61. The summed E-state index contributed by atoms with van der Waals surface area (Å²) in [6, 6.07) is 7.88. The van der Waals surface area contributed by atoms with Crippen LogP contribution in [0, 0.1) is 0 Å². The van der Waals surface area contributed by atoms with Crippen molar-refractivity contribution in [1.29, 1.82) is 0 Å². The highest BCUT2D eigenvalue weighted by molar-refractivity contribution is 5.85. The largest absolute Gasteiger partial charge is 0.478 e. The van der Waals surface area contributed by atoms with Crippen LogP contribution < -0.4 is 0 Å². The Kier molecular flexibility index (Phi) is 3.86. The van der Waals surface area contributed by atoms with E-state index >= 15 is 0 Å². The van der Waals surface area contributed by atoms with Crippen LogP contribution in [0.15, 0.2) is 43.0 Å². The molecule has 0 saturated carbocycles. The summed E-state index contributed by atoms with van der Waals surface area (Å²) in [6.45, 7) is 7.18. The minimum absolute atomic E-state index is 0.249. The number of benzene rings is 1. The molecular weight excluding hydrogens is 188 g/mol. The maximum atomic E-state index is 10.5. The second-order valence-corrected chi connectivity index (χ2v) is 3.36. The number of aryl methyl sites for hydroxylation is 1. The Morgan fingerprint density at radius 1 is 1.47 bits per heavy atom. The third-order valence-corrected chi connectivity index (χ3v) is 2.20. The maximum Gasteiger partial charge on any atom is 0.330 e. The van der Waals surface area contributed by atoms with Gasteiger partial charge in [-0.3, -0.25) is 0 Å². The van der Waals surface area contributed by atoms with E-state index in [1.807, 2.05) is 24.3 Å². The van der Waals surface area contributed by atoms with Crippen LogP contribution >= 0.6 is 0 Å². The highest BCUT2D eigenvalue weighted by Crippen LogP contribution is 2.11. The highest BCUT2D eigenvalue weighted by Gasteiger charge is 2.03. The van der Waals surface area contributed by atoms with E-state index in [4.69, 9.17) is 5.11 Å². The lowest BCUT2D eigenvalue weighted by atomic mass is 10.0. The normalized spacial score (nSPS) is 9.60. The average molecular weight is 202 g/mol. The van der Waals surface area contributed by atoms with Gasteiger partial charge in [-0.1, -0.05) is 43.5 Å². The minimum Gasteiger partial charge on any atom is -0.478 e. The van der Waals surface area contributed by atoms with Gasteiger partial charge >= 0.3 is 5.97 Å². The van der Waals surface area contributed by atoms with E-state index in [1.165, 1.54) is 0 Å². The Labute approximate surface area is 89.6 Å². The summed E-state index contributed by atoms with van der Waals surface area (Å²) in [5.74, 6) is -0.921. The van der Waals surface area contributed by atoms with Crippen LogP contribution in [0.4, 0.5) is 0 Å². The maximum absolute atomic E-state index is 10.5.